The molecule has 3 rings (SSSR count). The Morgan fingerprint density at radius 2 is 1.92 bits per heavy atom. The molecule has 0 aliphatic carbocycles. The highest BCUT2D eigenvalue weighted by atomic mass is 16.5. The van der Waals surface area contributed by atoms with Crippen molar-refractivity contribution < 1.29 is 9.53 Å². The quantitative estimate of drug-likeness (QED) is 0.550. The van der Waals surface area contributed by atoms with Crippen LogP contribution in [0.15, 0.2) is 60.7 Å². The molecular formula is C23H25NO2. The van der Waals surface area contributed by atoms with E-state index in [1.807, 2.05) is 43.3 Å². The van der Waals surface area contributed by atoms with Crippen LogP contribution in [0.25, 0.3) is 10.9 Å². The highest BCUT2D eigenvalue weighted by Gasteiger charge is 2.07. The normalized spacial score (nSPS) is 12.1. The van der Waals surface area contributed by atoms with E-state index in [1.165, 1.54) is 5.56 Å². The predicted octanol–water partition coefficient (Wildman–Crippen LogP) is 5.36. The summed E-state index contributed by atoms with van der Waals surface area (Å²) in [5.74, 6) is 1.27. The van der Waals surface area contributed by atoms with Crippen LogP contribution in [0, 0.1) is 5.92 Å². The van der Waals surface area contributed by atoms with Crippen LogP contribution in [-0.2, 0) is 17.8 Å². The van der Waals surface area contributed by atoms with Crippen LogP contribution < -0.4 is 4.74 Å². The summed E-state index contributed by atoms with van der Waals surface area (Å²) in [5.41, 5.74) is 3.15. The zero-order valence-electron chi connectivity index (χ0n) is 15.4. The van der Waals surface area contributed by atoms with Crippen LogP contribution in [0.4, 0.5) is 0 Å². The fourth-order valence-corrected chi connectivity index (χ4v) is 2.95. The molecule has 0 amide bonds. The van der Waals surface area contributed by atoms with Gasteiger partial charge in [0.1, 0.15) is 18.1 Å². The molecule has 1 aromatic heterocycles. The van der Waals surface area contributed by atoms with Gasteiger partial charge in [-0.1, -0.05) is 43.3 Å². The van der Waals surface area contributed by atoms with Gasteiger partial charge >= 0.3 is 0 Å². The Kier molecular flexibility index (Phi) is 6.00. The number of fused-ring (bicyclic) bond motifs is 1. The lowest BCUT2D eigenvalue weighted by Gasteiger charge is -2.10. The summed E-state index contributed by atoms with van der Waals surface area (Å²) >= 11 is 0. The molecule has 0 saturated carbocycles. The number of pyridine rings is 1. The number of benzene rings is 2. The van der Waals surface area contributed by atoms with E-state index in [-0.39, 0.29) is 11.7 Å². The van der Waals surface area contributed by atoms with Gasteiger partial charge in [-0.15, -0.1) is 0 Å². The van der Waals surface area contributed by atoms with Crippen molar-refractivity contribution in [3.05, 3.63) is 71.9 Å². The molecule has 1 atom stereocenters. The van der Waals surface area contributed by atoms with Gasteiger partial charge in [-0.25, -0.2) is 4.98 Å². The van der Waals surface area contributed by atoms with Crippen LogP contribution in [-0.4, -0.2) is 10.8 Å². The lowest BCUT2D eigenvalue weighted by molar-refractivity contribution is -0.120. The van der Waals surface area contributed by atoms with Crippen molar-refractivity contribution >= 4 is 16.7 Å². The Morgan fingerprint density at radius 3 is 2.77 bits per heavy atom. The minimum absolute atomic E-state index is 0.147. The molecule has 0 N–H and O–H groups in total. The maximum absolute atomic E-state index is 11.3. The number of nitrogens with zero attached hydrogens (tertiary/aromatic N) is 1. The van der Waals surface area contributed by atoms with Crippen LogP contribution in [0.5, 0.6) is 5.75 Å². The third-order valence-corrected chi connectivity index (χ3v) is 4.74. The summed E-state index contributed by atoms with van der Waals surface area (Å²) in [4.78, 5) is 16.0. The number of carbonyl (C=O) groups excluding carboxylic acids is 1. The molecule has 0 fully saturated rings. The van der Waals surface area contributed by atoms with E-state index in [0.717, 1.165) is 41.6 Å². The first kappa shape index (κ1) is 18.1. The Morgan fingerprint density at radius 1 is 1.08 bits per heavy atom. The topological polar surface area (TPSA) is 39.2 Å². The average molecular weight is 347 g/mol. The maximum Gasteiger partial charge on any atom is 0.132 e. The molecule has 0 aliphatic rings. The van der Waals surface area contributed by atoms with Gasteiger partial charge in [-0.3, -0.25) is 4.79 Å². The van der Waals surface area contributed by atoms with Gasteiger partial charge < -0.3 is 4.74 Å². The third-order valence-electron chi connectivity index (χ3n) is 4.74. The number of hydrogen-bond donors (Lipinski definition) is 0. The Labute approximate surface area is 155 Å². The first-order valence-corrected chi connectivity index (χ1v) is 9.18. The lowest BCUT2D eigenvalue weighted by Crippen LogP contribution is -2.06. The number of carbonyl (C=O) groups is 1. The number of aromatic nitrogens is 1. The Bertz CT molecular complexity index is 888. The monoisotopic (exact) mass is 347 g/mol. The second kappa shape index (κ2) is 8.61. The average Bonchev–Trinajstić information content (AvgIpc) is 2.66. The number of rotatable bonds is 8. The summed E-state index contributed by atoms with van der Waals surface area (Å²) in [5, 5.41) is 1.14. The van der Waals surface area contributed by atoms with Gasteiger partial charge in [0.25, 0.3) is 0 Å². The van der Waals surface area contributed by atoms with E-state index in [4.69, 9.17) is 4.74 Å². The summed E-state index contributed by atoms with van der Waals surface area (Å²) in [6, 6.07) is 20.4. The molecule has 0 spiro atoms. The molecule has 2 aromatic carbocycles. The molecule has 0 bridgehead atoms. The summed E-state index contributed by atoms with van der Waals surface area (Å²) in [7, 11) is 0. The number of ketones is 1. The van der Waals surface area contributed by atoms with Crippen molar-refractivity contribution in [1.29, 1.82) is 0 Å². The molecule has 0 saturated heterocycles. The molecule has 3 heteroatoms. The molecule has 26 heavy (non-hydrogen) atoms. The highest BCUT2D eigenvalue weighted by Crippen LogP contribution is 2.19. The molecular weight excluding hydrogens is 322 g/mol. The minimum Gasteiger partial charge on any atom is -0.487 e. The van der Waals surface area contributed by atoms with Gasteiger partial charge in [0.05, 0.1) is 11.2 Å². The summed E-state index contributed by atoms with van der Waals surface area (Å²) in [6.07, 6.45) is 2.90. The molecule has 0 radical (unpaired) electrons. The zero-order valence-corrected chi connectivity index (χ0v) is 15.4. The predicted molar refractivity (Wildman–Crippen MR) is 105 cm³/mol. The molecule has 3 aromatic rings. The van der Waals surface area contributed by atoms with Crippen molar-refractivity contribution in [2.45, 2.75) is 39.7 Å². The number of para-hydroxylation sites is 1. The Hall–Kier alpha value is -2.68. The third kappa shape index (κ3) is 4.92. The number of aryl methyl sites for hydroxylation is 1. The molecule has 0 aliphatic heterocycles. The summed E-state index contributed by atoms with van der Waals surface area (Å²) < 4.78 is 5.93. The van der Waals surface area contributed by atoms with Crippen LogP contribution in [0.3, 0.4) is 0 Å². The first-order chi connectivity index (χ1) is 12.6. The SMILES string of the molecule is CC(=O)C(C)CCCc1cccc(OCc2ccc3ccccc3n2)c1. The van der Waals surface area contributed by atoms with Gasteiger partial charge in [0.15, 0.2) is 0 Å². The zero-order chi connectivity index (χ0) is 18.4. The van der Waals surface area contributed by atoms with Gasteiger partial charge in [0, 0.05) is 11.3 Å². The van der Waals surface area contributed by atoms with E-state index in [0.29, 0.717) is 6.61 Å². The fourth-order valence-electron chi connectivity index (χ4n) is 2.95. The van der Waals surface area contributed by atoms with Crippen molar-refractivity contribution in [3.63, 3.8) is 0 Å². The number of Topliss-reactive ketones (excluding diaryl/α,β-unsaturated/α-hetero) is 1. The summed E-state index contributed by atoms with van der Waals surface area (Å²) in [6.45, 7) is 4.12. The van der Waals surface area contributed by atoms with Crippen LogP contribution in [0.1, 0.15) is 37.9 Å². The lowest BCUT2D eigenvalue weighted by atomic mass is 9.98. The van der Waals surface area contributed by atoms with Crippen molar-refractivity contribution in [3.8, 4) is 5.75 Å². The van der Waals surface area contributed by atoms with E-state index in [2.05, 4.69) is 29.2 Å². The van der Waals surface area contributed by atoms with Crippen molar-refractivity contribution in [2.75, 3.05) is 0 Å². The van der Waals surface area contributed by atoms with Gasteiger partial charge in [-0.05, 0) is 56.0 Å². The first-order valence-electron chi connectivity index (χ1n) is 9.18. The van der Waals surface area contributed by atoms with Crippen LogP contribution in [0.2, 0.25) is 0 Å². The largest absolute Gasteiger partial charge is 0.487 e. The number of hydrogen-bond acceptors (Lipinski definition) is 3. The Balaban J connectivity index is 1.56. The standard InChI is InChI=1S/C23H25NO2/c1-17(18(2)25)7-5-8-19-9-6-11-22(15-19)26-16-21-14-13-20-10-3-4-12-23(20)24-21/h3-4,6,9-15,17H,5,7-8,16H2,1-2H3. The van der Waals surface area contributed by atoms with Crippen molar-refractivity contribution in [2.24, 2.45) is 5.92 Å². The smallest absolute Gasteiger partial charge is 0.132 e. The van der Waals surface area contributed by atoms with E-state index in [1.54, 1.807) is 6.92 Å². The van der Waals surface area contributed by atoms with E-state index < -0.39 is 0 Å². The minimum atomic E-state index is 0.147. The van der Waals surface area contributed by atoms with Gasteiger partial charge in [-0.2, -0.15) is 0 Å². The van der Waals surface area contributed by atoms with Crippen molar-refractivity contribution in [1.82, 2.24) is 4.98 Å². The molecule has 1 unspecified atom stereocenters. The fraction of sp³-hybridized carbons (Fsp3) is 0.304. The van der Waals surface area contributed by atoms with Crippen LogP contribution >= 0.6 is 0 Å². The number of ether oxygens (including phenoxy) is 1. The second-order valence-electron chi connectivity index (χ2n) is 6.84. The van der Waals surface area contributed by atoms with E-state index >= 15 is 0 Å². The molecule has 1 heterocycles. The van der Waals surface area contributed by atoms with Gasteiger partial charge in [0.2, 0.25) is 0 Å². The maximum atomic E-state index is 11.3. The van der Waals surface area contributed by atoms with E-state index in [9.17, 15) is 4.79 Å². The second-order valence-corrected chi connectivity index (χ2v) is 6.84. The highest BCUT2D eigenvalue weighted by molar-refractivity contribution is 5.78. The molecule has 3 nitrogen and oxygen atoms in total. The molecule has 134 valence electrons.